The van der Waals surface area contributed by atoms with Crippen molar-refractivity contribution in [1.29, 1.82) is 0 Å². The lowest BCUT2D eigenvalue weighted by atomic mass is 9.88. The van der Waals surface area contributed by atoms with E-state index in [0.29, 0.717) is 6.42 Å². The number of aryl methyl sites for hydroxylation is 2. The highest BCUT2D eigenvalue weighted by molar-refractivity contribution is 9.10. The Bertz CT molecular complexity index is 620. The van der Waals surface area contributed by atoms with Gasteiger partial charge in [0, 0.05) is 23.0 Å². The van der Waals surface area contributed by atoms with E-state index >= 15 is 0 Å². The molecule has 0 saturated heterocycles. The van der Waals surface area contributed by atoms with E-state index in [9.17, 15) is 0 Å². The third kappa shape index (κ3) is 2.92. The molecule has 2 rings (SSSR count). The summed E-state index contributed by atoms with van der Waals surface area (Å²) in [6.07, 6.45) is 0.642. The Morgan fingerprint density at radius 2 is 2.05 bits per heavy atom. The Morgan fingerprint density at radius 1 is 1.40 bits per heavy atom. The predicted molar refractivity (Wildman–Crippen MR) is 87.0 cm³/mol. The van der Waals surface area contributed by atoms with Gasteiger partial charge in [0.25, 0.3) is 0 Å². The first-order chi connectivity index (χ1) is 9.36. The molecule has 1 heterocycles. The van der Waals surface area contributed by atoms with Crippen molar-refractivity contribution in [2.24, 2.45) is 5.73 Å². The van der Waals surface area contributed by atoms with Crippen LogP contribution in [0, 0.1) is 6.92 Å². The first-order valence-electron chi connectivity index (χ1n) is 6.62. The summed E-state index contributed by atoms with van der Waals surface area (Å²) in [6, 6.07) is 8.02. The minimum atomic E-state index is -0.511. The second kappa shape index (κ2) is 5.88. The number of nitrogens with two attached hydrogens (primary N) is 1. The lowest BCUT2D eigenvalue weighted by Crippen LogP contribution is -2.36. The van der Waals surface area contributed by atoms with Crippen molar-refractivity contribution in [2.45, 2.75) is 39.3 Å². The van der Waals surface area contributed by atoms with E-state index in [1.54, 1.807) is 0 Å². The van der Waals surface area contributed by atoms with Gasteiger partial charge in [0.15, 0.2) is 0 Å². The molecular weight excluding hydrogens is 338 g/mol. The SMILES string of the molecule is CCn1nc(C)c(Cl)c1CC(C)(N)c1ccccc1Br. The molecule has 1 atom stereocenters. The zero-order chi connectivity index (χ0) is 14.9. The molecular formula is C15H19BrClN3. The molecule has 1 aromatic carbocycles. The van der Waals surface area contributed by atoms with E-state index in [2.05, 4.69) is 28.0 Å². The number of aromatic nitrogens is 2. The molecule has 1 aromatic heterocycles. The lowest BCUT2D eigenvalue weighted by Gasteiger charge is -2.27. The van der Waals surface area contributed by atoms with Crippen LogP contribution in [-0.2, 0) is 18.5 Å². The summed E-state index contributed by atoms with van der Waals surface area (Å²) in [7, 11) is 0. The van der Waals surface area contributed by atoms with Gasteiger partial charge in [0.05, 0.1) is 16.4 Å². The Labute approximate surface area is 133 Å². The molecule has 0 spiro atoms. The molecule has 5 heteroatoms. The number of benzene rings is 1. The van der Waals surface area contributed by atoms with Crippen LogP contribution in [0.1, 0.15) is 30.8 Å². The molecule has 3 nitrogen and oxygen atoms in total. The molecule has 0 saturated carbocycles. The zero-order valence-electron chi connectivity index (χ0n) is 12.0. The summed E-state index contributed by atoms with van der Waals surface area (Å²) in [5, 5.41) is 5.16. The van der Waals surface area contributed by atoms with Gasteiger partial charge in [-0.1, -0.05) is 45.7 Å². The highest BCUT2D eigenvalue weighted by Crippen LogP contribution is 2.32. The fourth-order valence-corrected chi connectivity index (χ4v) is 3.35. The van der Waals surface area contributed by atoms with E-state index in [4.69, 9.17) is 17.3 Å². The Hall–Kier alpha value is -0.840. The maximum atomic E-state index is 6.54. The average Bonchev–Trinajstić information content (AvgIpc) is 2.66. The number of halogens is 2. The van der Waals surface area contributed by atoms with Crippen molar-refractivity contribution >= 4 is 27.5 Å². The number of rotatable bonds is 4. The van der Waals surface area contributed by atoms with Crippen molar-refractivity contribution in [3.8, 4) is 0 Å². The summed E-state index contributed by atoms with van der Waals surface area (Å²) < 4.78 is 2.94. The van der Waals surface area contributed by atoms with Gasteiger partial charge < -0.3 is 5.73 Å². The summed E-state index contributed by atoms with van der Waals surface area (Å²) in [5.41, 5.74) is 8.95. The maximum absolute atomic E-state index is 6.54. The fourth-order valence-electron chi connectivity index (χ4n) is 2.41. The van der Waals surface area contributed by atoms with Gasteiger partial charge in [-0.25, -0.2) is 0 Å². The summed E-state index contributed by atoms with van der Waals surface area (Å²) in [5.74, 6) is 0. The minimum Gasteiger partial charge on any atom is -0.321 e. The molecule has 0 amide bonds. The summed E-state index contributed by atoms with van der Waals surface area (Å²) in [4.78, 5) is 0. The van der Waals surface area contributed by atoms with Gasteiger partial charge in [-0.2, -0.15) is 5.10 Å². The fraction of sp³-hybridized carbons (Fsp3) is 0.400. The van der Waals surface area contributed by atoms with Crippen LogP contribution in [-0.4, -0.2) is 9.78 Å². The Balaban J connectivity index is 2.41. The van der Waals surface area contributed by atoms with Gasteiger partial charge in [-0.05, 0) is 32.4 Å². The molecule has 0 aliphatic heterocycles. The van der Waals surface area contributed by atoms with Crippen LogP contribution < -0.4 is 5.73 Å². The van der Waals surface area contributed by atoms with Gasteiger partial charge in [-0.3, -0.25) is 4.68 Å². The number of nitrogens with zero attached hydrogens (tertiary/aromatic N) is 2. The number of hydrogen-bond donors (Lipinski definition) is 1. The number of hydrogen-bond acceptors (Lipinski definition) is 2. The van der Waals surface area contributed by atoms with Gasteiger partial charge in [0.2, 0.25) is 0 Å². The second-order valence-electron chi connectivity index (χ2n) is 5.24. The molecule has 20 heavy (non-hydrogen) atoms. The first kappa shape index (κ1) is 15.5. The smallest absolute Gasteiger partial charge is 0.0847 e. The van der Waals surface area contributed by atoms with Crippen molar-refractivity contribution < 1.29 is 0 Å². The van der Waals surface area contributed by atoms with Crippen molar-refractivity contribution in [3.05, 3.63) is 50.7 Å². The molecule has 2 aromatic rings. The van der Waals surface area contributed by atoms with Crippen LogP contribution in [0.2, 0.25) is 5.02 Å². The molecule has 0 bridgehead atoms. The van der Waals surface area contributed by atoms with Crippen LogP contribution in [0.4, 0.5) is 0 Å². The third-order valence-electron chi connectivity index (χ3n) is 3.48. The largest absolute Gasteiger partial charge is 0.321 e. The maximum Gasteiger partial charge on any atom is 0.0847 e. The average molecular weight is 357 g/mol. The van der Waals surface area contributed by atoms with Gasteiger partial charge in [-0.15, -0.1) is 0 Å². The van der Waals surface area contributed by atoms with E-state index in [1.807, 2.05) is 42.8 Å². The molecule has 0 aliphatic rings. The van der Waals surface area contributed by atoms with Crippen molar-refractivity contribution in [1.82, 2.24) is 9.78 Å². The highest BCUT2D eigenvalue weighted by atomic mass is 79.9. The van der Waals surface area contributed by atoms with Crippen LogP contribution in [0.3, 0.4) is 0 Å². The van der Waals surface area contributed by atoms with Gasteiger partial charge in [0.1, 0.15) is 0 Å². The highest BCUT2D eigenvalue weighted by Gasteiger charge is 2.27. The van der Waals surface area contributed by atoms with Crippen LogP contribution >= 0.6 is 27.5 Å². The van der Waals surface area contributed by atoms with Crippen molar-refractivity contribution in [2.75, 3.05) is 0 Å². The molecule has 108 valence electrons. The topological polar surface area (TPSA) is 43.8 Å². The summed E-state index contributed by atoms with van der Waals surface area (Å²) >= 11 is 9.94. The van der Waals surface area contributed by atoms with E-state index < -0.39 is 5.54 Å². The van der Waals surface area contributed by atoms with Crippen LogP contribution in [0.25, 0.3) is 0 Å². The molecule has 0 fully saturated rings. The predicted octanol–water partition coefficient (Wildman–Crippen LogP) is 4.04. The zero-order valence-corrected chi connectivity index (χ0v) is 14.3. The minimum absolute atomic E-state index is 0.511. The molecule has 1 unspecified atom stereocenters. The molecule has 2 N–H and O–H groups in total. The normalized spacial score (nSPS) is 14.3. The standard InChI is InChI=1S/C15H19BrClN3/c1-4-20-13(14(17)10(2)19-20)9-15(3,18)11-7-5-6-8-12(11)16/h5-8H,4,9,18H2,1-3H3. The molecule has 0 radical (unpaired) electrons. The van der Waals surface area contributed by atoms with E-state index in [-0.39, 0.29) is 0 Å². The Morgan fingerprint density at radius 3 is 2.65 bits per heavy atom. The van der Waals surface area contributed by atoms with Crippen LogP contribution in [0.15, 0.2) is 28.7 Å². The first-order valence-corrected chi connectivity index (χ1v) is 7.79. The van der Waals surface area contributed by atoms with E-state index in [0.717, 1.165) is 33.0 Å². The Kier molecular flexibility index (Phi) is 4.57. The molecule has 0 aliphatic carbocycles. The van der Waals surface area contributed by atoms with E-state index in [1.165, 1.54) is 0 Å². The quantitative estimate of drug-likeness (QED) is 0.898. The summed E-state index contributed by atoms with van der Waals surface area (Å²) in [6.45, 7) is 6.78. The second-order valence-corrected chi connectivity index (χ2v) is 6.47. The van der Waals surface area contributed by atoms with Crippen molar-refractivity contribution in [3.63, 3.8) is 0 Å². The third-order valence-corrected chi connectivity index (χ3v) is 4.66. The van der Waals surface area contributed by atoms with Crippen LogP contribution in [0.5, 0.6) is 0 Å². The monoisotopic (exact) mass is 355 g/mol. The lowest BCUT2D eigenvalue weighted by molar-refractivity contribution is 0.462. The van der Waals surface area contributed by atoms with Gasteiger partial charge >= 0.3 is 0 Å².